The van der Waals surface area contributed by atoms with E-state index in [4.69, 9.17) is 9.84 Å². The average molecular weight is 477 g/mol. The molecule has 7 heteroatoms. The van der Waals surface area contributed by atoms with Crippen LogP contribution in [0.1, 0.15) is 10.4 Å². The Kier molecular flexibility index (Phi) is 6.60. The maximum absolute atomic E-state index is 12.0. The van der Waals surface area contributed by atoms with Crippen LogP contribution in [0.15, 0.2) is 12.1 Å². The highest BCUT2D eigenvalue weighted by Gasteiger charge is 2.18. The second-order valence-corrected chi connectivity index (χ2v) is 6.00. The van der Waals surface area contributed by atoms with Crippen LogP contribution in [0.4, 0.5) is 0 Å². The van der Waals surface area contributed by atoms with Crippen LogP contribution < -0.4 is 5.32 Å². The molecule has 1 aromatic carbocycles. The van der Waals surface area contributed by atoms with E-state index in [1.54, 1.807) is 12.1 Å². The summed E-state index contributed by atoms with van der Waals surface area (Å²) in [4.78, 5) is 12.0. The summed E-state index contributed by atoms with van der Waals surface area (Å²) in [6, 6.07) is 2.87. The number of carbonyl (C=O) groups is 1. The van der Waals surface area contributed by atoms with Crippen molar-refractivity contribution in [2.75, 3.05) is 20.3 Å². The summed E-state index contributed by atoms with van der Waals surface area (Å²) in [5.41, 5.74) is 0.195. The van der Waals surface area contributed by atoms with Crippen LogP contribution in [0, 0.1) is 7.14 Å². The maximum Gasteiger partial charge on any atom is 0.255 e. The molecular formula is C11H13I2NO4. The molecule has 5 nitrogen and oxygen atoms in total. The standard InChI is InChI=1S/C11H13I2NO4/c1-18-5-7(4-15)14-11(17)8-2-6(12)3-9(13)10(8)16/h2-3,7,15-16H,4-5H2,1H3,(H,14,17). The summed E-state index contributed by atoms with van der Waals surface area (Å²) >= 11 is 4.03. The van der Waals surface area contributed by atoms with Crippen molar-refractivity contribution in [3.05, 3.63) is 24.8 Å². The molecule has 0 aliphatic carbocycles. The van der Waals surface area contributed by atoms with Crippen molar-refractivity contribution in [3.63, 3.8) is 0 Å². The van der Waals surface area contributed by atoms with Gasteiger partial charge in [-0.15, -0.1) is 0 Å². The van der Waals surface area contributed by atoms with Gasteiger partial charge in [-0.1, -0.05) is 0 Å². The number of carbonyl (C=O) groups excluding carboxylic acids is 1. The zero-order valence-corrected chi connectivity index (χ0v) is 13.9. The van der Waals surface area contributed by atoms with Crippen molar-refractivity contribution in [2.45, 2.75) is 6.04 Å². The van der Waals surface area contributed by atoms with Crippen LogP contribution in [0.2, 0.25) is 0 Å². The van der Waals surface area contributed by atoms with E-state index in [1.807, 2.05) is 22.6 Å². The van der Waals surface area contributed by atoms with E-state index in [-0.39, 0.29) is 24.5 Å². The Morgan fingerprint density at radius 2 is 2.17 bits per heavy atom. The third-order valence-corrected chi connectivity index (χ3v) is 3.64. The largest absolute Gasteiger partial charge is 0.506 e. The van der Waals surface area contributed by atoms with Gasteiger partial charge in [-0.25, -0.2) is 0 Å². The van der Waals surface area contributed by atoms with Gasteiger partial charge in [0.2, 0.25) is 0 Å². The molecular weight excluding hydrogens is 464 g/mol. The van der Waals surface area contributed by atoms with Gasteiger partial charge in [0.1, 0.15) is 5.75 Å². The Bertz CT molecular complexity index is 439. The summed E-state index contributed by atoms with van der Waals surface area (Å²) in [5, 5.41) is 21.5. The average Bonchev–Trinajstić information content (AvgIpc) is 2.32. The van der Waals surface area contributed by atoms with Gasteiger partial charge in [0.05, 0.1) is 28.4 Å². The molecule has 0 aliphatic heterocycles. The Labute approximate surface area is 132 Å². The fourth-order valence-electron chi connectivity index (χ4n) is 1.34. The summed E-state index contributed by atoms with van der Waals surface area (Å²) in [7, 11) is 1.49. The van der Waals surface area contributed by atoms with Crippen LogP contribution in [-0.2, 0) is 4.74 Å². The number of rotatable bonds is 5. The first kappa shape index (κ1) is 15.9. The number of phenols is 1. The molecule has 1 unspecified atom stereocenters. The zero-order chi connectivity index (χ0) is 13.7. The van der Waals surface area contributed by atoms with Crippen LogP contribution >= 0.6 is 45.2 Å². The van der Waals surface area contributed by atoms with Gasteiger partial charge in [-0.3, -0.25) is 4.79 Å². The van der Waals surface area contributed by atoms with Gasteiger partial charge >= 0.3 is 0 Å². The summed E-state index contributed by atoms with van der Waals surface area (Å²) in [5.74, 6) is -0.484. The number of phenolic OH excluding ortho intramolecular Hbond substituents is 1. The minimum atomic E-state index is -0.488. The molecule has 18 heavy (non-hydrogen) atoms. The number of hydrogen-bond donors (Lipinski definition) is 3. The predicted octanol–water partition coefficient (Wildman–Crippen LogP) is 1.34. The first-order chi connectivity index (χ1) is 8.49. The third-order valence-electron chi connectivity index (χ3n) is 2.20. The summed E-state index contributed by atoms with van der Waals surface area (Å²) in [6.07, 6.45) is 0. The summed E-state index contributed by atoms with van der Waals surface area (Å²) < 4.78 is 6.33. The minimum absolute atomic E-state index is 0.0531. The number of aromatic hydroxyl groups is 1. The Morgan fingerprint density at radius 1 is 1.50 bits per heavy atom. The van der Waals surface area contributed by atoms with Crippen molar-refractivity contribution >= 4 is 51.1 Å². The van der Waals surface area contributed by atoms with E-state index in [9.17, 15) is 9.90 Å². The molecule has 1 atom stereocenters. The number of aliphatic hydroxyl groups excluding tert-OH is 1. The van der Waals surface area contributed by atoms with Gasteiger partial charge in [-0.2, -0.15) is 0 Å². The molecule has 0 bridgehead atoms. The molecule has 3 N–H and O–H groups in total. The highest BCUT2D eigenvalue weighted by Crippen LogP contribution is 2.26. The predicted molar refractivity (Wildman–Crippen MR) is 83.8 cm³/mol. The lowest BCUT2D eigenvalue weighted by Gasteiger charge is -2.16. The quantitative estimate of drug-likeness (QED) is 0.560. The molecule has 1 rings (SSSR count). The molecule has 0 saturated carbocycles. The van der Waals surface area contributed by atoms with E-state index in [1.165, 1.54) is 7.11 Å². The molecule has 0 aliphatic rings. The number of benzene rings is 1. The molecule has 0 radical (unpaired) electrons. The third kappa shape index (κ3) is 4.21. The van der Waals surface area contributed by atoms with Gasteiger partial charge in [0.25, 0.3) is 5.91 Å². The monoisotopic (exact) mass is 477 g/mol. The molecule has 1 amide bonds. The molecule has 0 spiro atoms. The van der Waals surface area contributed by atoms with Crippen LogP contribution in [0.3, 0.4) is 0 Å². The smallest absolute Gasteiger partial charge is 0.255 e. The van der Waals surface area contributed by atoms with Gasteiger partial charge in [0, 0.05) is 10.7 Å². The van der Waals surface area contributed by atoms with Gasteiger partial charge in [-0.05, 0) is 57.3 Å². The molecule has 100 valence electrons. The SMILES string of the molecule is COCC(CO)NC(=O)c1cc(I)cc(I)c1O. The number of ether oxygens (including phenoxy) is 1. The van der Waals surface area contributed by atoms with Crippen molar-refractivity contribution in [3.8, 4) is 5.75 Å². The van der Waals surface area contributed by atoms with Crippen LogP contribution in [0.5, 0.6) is 5.75 Å². The normalized spacial score (nSPS) is 12.2. The number of methoxy groups -OCH3 is 1. The number of amides is 1. The van der Waals surface area contributed by atoms with E-state index >= 15 is 0 Å². The number of halogens is 2. The number of nitrogens with one attached hydrogen (secondary N) is 1. The lowest BCUT2D eigenvalue weighted by molar-refractivity contribution is 0.0837. The van der Waals surface area contributed by atoms with Crippen molar-refractivity contribution in [2.24, 2.45) is 0 Å². The highest BCUT2D eigenvalue weighted by molar-refractivity contribution is 14.1. The summed E-state index contributed by atoms with van der Waals surface area (Å²) in [6.45, 7) is -0.00855. The van der Waals surface area contributed by atoms with E-state index in [0.717, 1.165) is 3.57 Å². The lowest BCUT2D eigenvalue weighted by atomic mass is 10.1. The van der Waals surface area contributed by atoms with Crippen LogP contribution in [-0.4, -0.2) is 42.5 Å². The minimum Gasteiger partial charge on any atom is -0.506 e. The zero-order valence-electron chi connectivity index (χ0n) is 9.61. The van der Waals surface area contributed by atoms with Gasteiger partial charge in [0.15, 0.2) is 0 Å². The highest BCUT2D eigenvalue weighted by atomic mass is 127. The Morgan fingerprint density at radius 3 is 2.72 bits per heavy atom. The molecule has 0 heterocycles. The van der Waals surface area contributed by atoms with Crippen LogP contribution in [0.25, 0.3) is 0 Å². The fraction of sp³-hybridized carbons (Fsp3) is 0.364. The fourth-order valence-corrected chi connectivity index (χ4v) is 3.19. The number of hydrogen-bond acceptors (Lipinski definition) is 4. The van der Waals surface area contributed by atoms with Crippen molar-refractivity contribution in [1.29, 1.82) is 0 Å². The van der Waals surface area contributed by atoms with Crippen molar-refractivity contribution < 1.29 is 19.7 Å². The topological polar surface area (TPSA) is 78.8 Å². The van der Waals surface area contributed by atoms with E-state index in [0.29, 0.717) is 3.57 Å². The second-order valence-electron chi connectivity index (χ2n) is 3.59. The molecule has 0 saturated heterocycles. The van der Waals surface area contributed by atoms with E-state index < -0.39 is 11.9 Å². The molecule has 0 aromatic heterocycles. The number of aliphatic hydroxyl groups is 1. The Balaban J connectivity index is 2.90. The molecule has 1 aromatic rings. The second kappa shape index (κ2) is 7.46. The van der Waals surface area contributed by atoms with Crippen molar-refractivity contribution in [1.82, 2.24) is 5.32 Å². The molecule has 0 fully saturated rings. The first-order valence-corrected chi connectivity index (χ1v) is 7.24. The first-order valence-electron chi connectivity index (χ1n) is 5.08. The maximum atomic E-state index is 12.0. The van der Waals surface area contributed by atoms with Gasteiger partial charge < -0.3 is 20.3 Å². The Hall–Kier alpha value is -0.130. The lowest BCUT2D eigenvalue weighted by Crippen LogP contribution is -2.40. The van der Waals surface area contributed by atoms with E-state index in [2.05, 4.69) is 27.9 Å².